The highest BCUT2D eigenvalue weighted by molar-refractivity contribution is 7.14. The SMILES string of the molecule is O=C(c1ccsc1Cl)C(F)(F)C(F)F. The first-order valence-electron chi connectivity index (χ1n) is 3.31. The van der Waals surface area contributed by atoms with Crippen molar-refractivity contribution in [2.45, 2.75) is 12.3 Å². The van der Waals surface area contributed by atoms with E-state index in [4.69, 9.17) is 11.6 Å². The summed E-state index contributed by atoms with van der Waals surface area (Å²) in [6.45, 7) is 0. The first kappa shape index (κ1) is 11.5. The Morgan fingerprint density at radius 3 is 2.43 bits per heavy atom. The van der Waals surface area contributed by atoms with Crippen LogP contribution in [0.4, 0.5) is 17.6 Å². The number of thiophene rings is 1. The number of rotatable bonds is 3. The molecule has 0 N–H and O–H groups in total. The molecule has 0 unspecified atom stereocenters. The number of ketones is 1. The van der Waals surface area contributed by atoms with Crippen LogP contribution in [0.15, 0.2) is 11.4 Å². The molecule has 0 aromatic carbocycles. The maximum atomic E-state index is 12.5. The zero-order valence-electron chi connectivity index (χ0n) is 6.44. The van der Waals surface area contributed by atoms with Gasteiger partial charge in [0.15, 0.2) is 0 Å². The lowest BCUT2D eigenvalue weighted by Gasteiger charge is -2.12. The minimum absolute atomic E-state index is 0.213. The summed E-state index contributed by atoms with van der Waals surface area (Å²) in [6.07, 6.45) is -4.02. The number of alkyl halides is 4. The molecule has 1 heterocycles. The summed E-state index contributed by atoms with van der Waals surface area (Å²) in [6, 6.07) is 0.992. The summed E-state index contributed by atoms with van der Waals surface area (Å²) in [7, 11) is 0. The Hall–Kier alpha value is -0.620. The largest absolute Gasteiger partial charge is 0.368 e. The monoisotopic (exact) mass is 246 g/mol. The van der Waals surface area contributed by atoms with E-state index in [-0.39, 0.29) is 4.34 Å². The van der Waals surface area contributed by atoms with Gasteiger partial charge in [0.25, 0.3) is 0 Å². The van der Waals surface area contributed by atoms with Crippen molar-refractivity contribution in [2.24, 2.45) is 0 Å². The third kappa shape index (κ3) is 1.90. The van der Waals surface area contributed by atoms with Crippen molar-refractivity contribution in [3.63, 3.8) is 0 Å². The van der Waals surface area contributed by atoms with Gasteiger partial charge in [0.05, 0.1) is 5.56 Å². The van der Waals surface area contributed by atoms with Crippen molar-refractivity contribution < 1.29 is 22.4 Å². The van der Waals surface area contributed by atoms with Gasteiger partial charge in [-0.05, 0) is 11.4 Å². The van der Waals surface area contributed by atoms with Crippen LogP contribution >= 0.6 is 22.9 Å². The molecule has 1 aromatic heterocycles. The van der Waals surface area contributed by atoms with Crippen molar-refractivity contribution in [3.05, 3.63) is 21.3 Å². The van der Waals surface area contributed by atoms with Crippen LogP contribution in [-0.4, -0.2) is 18.1 Å². The Morgan fingerprint density at radius 2 is 2.07 bits per heavy atom. The first-order chi connectivity index (χ1) is 6.37. The van der Waals surface area contributed by atoms with E-state index in [1.165, 1.54) is 5.38 Å². The minimum atomic E-state index is -4.68. The number of hydrogen-bond donors (Lipinski definition) is 0. The van der Waals surface area contributed by atoms with E-state index in [9.17, 15) is 22.4 Å². The van der Waals surface area contributed by atoms with Gasteiger partial charge in [0.1, 0.15) is 4.34 Å². The van der Waals surface area contributed by atoms with Crippen LogP contribution in [-0.2, 0) is 0 Å². The van der Waals surface area contributed by atoms with Gasteiger partial charge < -0.3 is 0 Å². The molecule has 1 nitrogen and oxygen atoms in total. The lowest BCUT2D eigenvalue weighted by molar-refractivity contribution is -0.0957. The Balaban J connectivity index is 3.02. The van der Waals surface area contributed by atoms with Crippen molar-refractivity contribution >= 4 is 28.7 Å². The van der Waals surface area contributed by atoms with E-state index in [0.29, 0.717) is 0 Å². The summed E-state index contributed by atoms with van der Waals surface area (Å²) in [5.74, 6) is -6.62. The van der Waals surface area contributed by atoms with E-state index in [2.05, 4.69) is 0 Å². The van der Waals surface area contributed by atoms with Gasteiger partial charge in [-0.25, -0.2) is 8.78 Å². The molecule has 0 amide bonds. The third-order valence-electron chi connectivity index (χ3n) is 1.44. The summed E-state index contributed by atoms with van der Waals surface area (Å²) in [5, 5.41) is 1.27. The van der Waals surface area contributed by atoms with Crippen molar-refractivity contribution in [1.29, 1.82) is 0 Å². The van der Waals surface area contributed by atoms with Gasteiger partial charge in [0, 0.05) is 0 Å². The molecule has 1 aromatic rings. The molecule has 0 saturated carbocycles. The van der Waals surface area contributed by atoms with E-state index in [1.54, 1.807) is 0 Å². The average Bonchev–Trinajstić information content (AvgIpc) is 2.49. The molecule has 78 valence electrons. The first-order valence-corrected chi connectivity index (χ1v) is 4.57. The number of hydrogen-bond acceptors (Lipinski definition) is 2. The van der Waals surface area contributed by atoms with Crippen LogP contribution in [0.25, 0.3) is 0 Å². The van der Waals surface area contributed by atoms with Crippen molar-refractivity contribution in [3.8, 4) is 0 Å². The second-order valence-electron chi connectivity index (χ2n) is 2.36. The van der Waals surface area contributed by atoms with Gasteiger partial charge in [-0.2, -0.15) is 8.78 Å². The molecule has 0 radical (unpaired) electrons. The smallest absolute Gasteiger partial charge is 0.287 e. The molecule has 0 atom stereocenters. The minimum Gasteiger partial charge on any atom is -0.287 e. The zero-order valence-corrected chi connectivity index (χ0v) is 8.01. The highest BCUT2D eigenvalue weighted by atomic mass is 35.5. The standard InChI is InChI=1S/C7H3ClF4OS/c8-5-3(1-2-14-5)4(13)7(11,12)6(9)10/h1-2,6H. The summed E-state index contributed by atoms with van der Waals surface area (Å²) in [5.41, 5.74) is -0.568. The normalized spacial score (nSPS) is 12.1. The maximum Gasteiger partial charge on any atom is 0.368 e. The van der Waals surface area contributed by atoms with Gasteiger partial charge >= 0.3 is 12.3 Å². The number of carbonyl (C=O) groups is 1. The topological polar surface area (TPSA) is 17.1 Å². The Kier molecular flexibility index (Phi) is 3.16. The number of carbonyl (C=O) groups excluding carboxylic acids is 1. The number of halogens is 5. The van der Waals surface area contributed by atoms with E-state index < -0.39 is 23.7 Å². The third-order valence-corrected chi connectivity index (χ3v) is 2.61. The second kappa shape index (κ2) is 3.86. The van der Waals surface area contributed by atoms with E-state index in [1.807, 2.05) is 0 Å². The lowest BCUT2D eigenvalue weighted by Crippen LogP contribution is -2.36. The molecule has 0 bridgehead atoms. The molecule has 0 spiro atoms. The maximum absolute atomic E-state index is 12.5. The van der Waals surface area contributed by atoms with Gasteiger partial charge in [-0.1, -0.05) is 11.6 Å². The molecule has 0 aliphatic heterocycles. The molecule has 0 aliphatic carbocycles. The zero-order chi connectivity index (χ0) is 10.9. The molecular formula is C7H3ClF4OS. The predicted octanol–water partition coefficient (Wildman–Crippen LogP) is 3.48. The quantitative estimate of drug-likeness (QED) is 0.589. The second-order valence-corrected chi connectivity index (χ2v) is 3.88. The fourth-order valence-corrected chi connectivity index (χ4v) is 1.65. The molecule has 1 rings (SSSR count). The van der Waals surface area contributed by atoms with Crippen LogP contribution < -0.4 is 0 Å². The summed E-state index contributed by atoms with van der Waals surface area (Å²) >= 11 is 6.19. The summed E-state index contributed by atoms with van der Waals surface area (Å²) < 4.78 is 48.4. The van der Waals surface area contributed by atoms with Crippen molar-refractivity contribution in [1.82, 2.24) is 0 Å². The molecule has 0 fully saturated rings. The number of Topliss-reactive ketones (excluding diaryl/α,β-unsaturated/α-hetero) is 1. The fraction of sp³-hybridized carbons (Fsp3) is 0.286. The molecule has 14 heavy (non-hydrogen) atoms. The predicted molar refractivity (Wildman–Crippen MR) is 44.6 cm³/mol. The Bertz CT molecular complexity index is 349. The van der Waals surface area contributed by atoms with Crippen molar-refractivity contribution in [2.75, 3.05) is 0 Å². The molecule has 0 saturated heterocycles. The van der Waals surface area contributed by atoms with Gasteiger partial charge in [0.2, 0.25) is 5.78 Å². The highest BCUT2D eigenvalue weighted by Gasteiger charge is 2.49. The van der Waals surface area contributed by atoms with Gasteiger partial charge in [-0.3, -0.25) is 4.79 Å². The van der Waals surface area contributed by atoms with Crippen LogP contribution in [0.1, 0.15) is 10.4 Å². The average molecular weight is 247 g/mol. The Morgan fingerprint density at radius 1 is 1.50 bits per heavy atom. The van der Waals surface area contributed by atoms with E-state index in [0.717, 1.165) is 17.4 Å². The highest BCUT2D eigenvalue weighted by Crippen LogP contribution is 2.32. The van der Waals surface area contributed by atoms with Crippen LogP contribution in [0.2, 0.25) is 4.34 Å². The molecule has 0 aliphatic rings. The lowest BCUT2D eigenvalue weighted by atomic mass is 10.1. The Labute approximate surface area is 85.3 Å². The van der Waals surface area contributed by atoms with Crippen LogP contribution in [0.3, 0.4) is 0 Å². The molecular weight excluding hydrogens is 244 g/mol. The molecule has 7 heteroatoms. The van der Waals surface area contributed by atoms with Crippen LogP contribution in [0.5, 0.6) is 0 Å². The summed E-state index contributed by atoms with van der Waals surface area (Å²) in [4.78, 5) is 10.9. The van der Waals surface area contributed by atoms with Gasteiger partial charge in [-0.15, -0.1) is 11.3 Å². The van der Waals surface area contributed by atoms with E-state index >= 15 is 0 Å². The fourth-order valence-electron chi connectivity index (χ4n) is 0.734. The van der Waals surface area contributed by atoms with Crippen LogP contribution in [0, 0.1) is 0 Å².